The van der Waals surface area contributed by atoms with E-state index in [4.69, 9.17) is 0 Å². The van der Waals surface area contributed by atoms with Crippen LogP contribution in [0, 0.1) is 0 Å². The van der Waals surface area contributed by atoms with Crippen molar-refractivity contribution in [3.05, 3.63) is 23.8 Å². The Hall–Kier alpha value is -2.17. The summed E-state index contributed by atoms with van der Waals surface area (Å²) >= 11 is 0. The van der Waals surface area contributed by atoms with Gasteiger partial charge in [-0.2, -0.15) is 0 Å². The van der Waals surface area contributed by atoms with Crippen LogP contribution in [0.5, 0.6) is 0 Å². The second-order valence-electron chi connectivity index (χ2n) is 3.25. The van der Waals surface area contributed by atoms with Gasteiger partial charge in [0.2, 0.25) is 11.8 Å². The molecular weight excluding hydrogens is 208 g/mol. The first-order valence-corrected chi connectivity index (χ1v) is 4.68. The van der Waals surface area contributed by atoms with Gasteiger partial charge in [0.15, 0.2) is 6.29 Å². The lowest BCUT2D eigenvalue weighted by Gasteiger charge is -2.10. The lowest BCUT2D eigenvalue weighted by atomic mass is 10.1. The minimum Gasteiger partial charge on any atom is -0.326 e. The second-order valence-corrected chi connectivity index (χ2v) is 3.25. The number of amides is 2. The van der Waals surface area contributed by atoms with Crippen LogP contribution in [0.25, 0.3) is 0 Å². The van der Waals surface area contributed by atoms with E-state index in [1.165, 1.54) is 13.8 Å². The third-order valence-electron chi connectivity index (χ3n) is 1.85. The van der Waals surface area contributed by atoms with Gasteiger partial charge in [-0.15, -0.1) is 0 Å². The zero-order valence-corrected chi connectivity index (χ0v) is 9.03. The first-order chi connectivity index (χ1) is 7.54. The van der Waals surface area contributed by atoms with E-state index in [-0.39, 0.29) is 17.4 Å². The lowest BCUT2D eigenvalue weighted by molar-refractivity contribution is -0.115. The summed E-state index contributed by atoms with van der Waals surface area (Å²) in [5, 5.41) is 5.03. The van der Waals surface area contributed by atoms with Crippen molar-refractivity contribution in [3.8, 4) is 0 Å². The third kappa shape index (κ3) is 2.91. The number of carbonyl (C=O) groups excluding carboxylic acids is 3. The Kier molecular flexibility index (Phi) is 3.77. The van der Waals surface area contributed by atoms with Crippen molar-refractivity contribution >= 4 is 29.5 Å². The van der Waals surface area contributed by atoms with Gasteiger partial charge in [-0.3, -0.25) is 14.4 Å². The molecule has 1 aromatic carbocycles. The first-order valence-electron chi connectivity index (χ1n) is 4.68. The van der Waals surface area contributed by atoms with Crippen LogP contribution in [0.15, 0.2) is 18.2 Å². The third-order valence-corrected chi connectivity index (χ3v) is 1.85. The van der Waals surface area contributed by atoms with Gasteiger partial charge in [-0.25, -0.2) is 0 Å². The van der Waals surface area contributed by atoms with Crippen LogP contribution in [0.2, 0.25) is 0 Å². The number of hydrogen-bond donors (Lipinski definition) is 2. The van der Waals surface area contributed by atoms with Gasteiger partial charge in [0.05, 0.1) is 16.9 Å². The summed E-state index contributed by atoms with van der Waals surface area (Å²) in [7, 11) is 0. The highest BCUT2D eigenvalue weighted by Gasteiger charge is 2.09. The van der Waals surface area contributed by atoms with Crippen molar-refractivity contribution in [1.82, 2.24) is 0 Å². The molecule has 0 aliphatic heterocycles. The average molecular weight is 220 g/mol. The maximum Gasteiger partial charge on any atom is 0.221 e. The fraction of sp³-hybridized carbons (Fsp3) is 0.182. The number of nitrogens with one attached hydrogen (secondary N) is 2. The molecule has 0 heterocycles. The largest absolute Gasteiger partial charge is 0.326 e. The average Bonchev–Trinajstić information content (AvgIpc) is 2.16. The summed E-state index contributed by atoms with van der Waals surface area (Å²) in [4.78, 5) is 32.7. The molecule has 84 valence electrons. The van der Waals surface area contributed by atoms with E-state index in [0.29, 0.717) is 17.7 Å². The first kappa shape index (κ1) is 11.9. The fourth-order valence-corrected chi connectivity index (χ4v) is 1.29. The quantitative estimate of drug-likeness (QED) is 0.756. The Morgan fingerprint density at radius 3 is 1.81 bits per heavy atom. The normalized spacial score (nSPS) is 9.38. The van der Waals surface area contributed by atoms with E-state index in [9.17, 15) is 14.4 Å². The Morgan fingerprint density at radius 2 is 1.50 bits per heavy atom. The summed E-state index contributed by atoms with van der Waals surface area (Å²) in [6.45, 7) is 2.69. The van der Waals surface area contributed by atoms with Crippen molar-refractivity contribution in [2.24, 2.45) is 0 Å². The van der Waals surface area contributed by atoms with Gasteiger partial charge < -0.3 is 10.6 Å². The van der Waals surface area contributed by atoms with Crippen LogP contribution < -0.4 is 10.6 Å². The molecule has 0 fully saturated rings. The molecule has 1 rings (SSSR count). The van der Waals surface area contributed by atoms with Gasteiger partial charge >= 0.3 is 0 Å². The molecule has 2 N–H and O–H groups in total. The van der Waals surface area contributed by atoms with E-state index in [1.807, 2.05) is 0 Å². The molecule has 0 aliphatic carbocycles. The minimum absolute atomic E-state index is 0.257. The van der Waals surface area contributed by atoms with E-state index in [2.05, 4.69) is 10.6 Å². The van der Waals surface area contributed by atoms with Crippen LogP contribution >= 0.6 is 0 Å². The zero-order chi connectivity index (χ0) is 12.1. The topological polar surface area (TPSA) is 75.3 Å². The highest BCUT2D eigenvalue weighted by Crippen LogP contribution is 2.22. The highest BCUT2D eigenvalue weighted by molar-refractivity contribution is 6.02. The van der Waals surface area contributed by atoms with Crippen LogP contribution in [0.1, 0.15) is 24.2 Å². The monoisotopic (exact) mass is 220 g/mol. The molecule has 0 bridgehead atoms. The Morgan fingerprint density at radius 1 is 1.06 bits per heavy atom. The van der Waals surface area contributed by atoms with Crippen LogP contribution in [-0.4, -0.2) is 18.1 Å². The minimum atomic E-state index is -0.275. The summed E-state index contributed by atoms with van der Waals surface area (Å²) in [6.07, 6.45) is 0.594. The second kappa shape index (κ2) is 5.06. The van der Waals surface area contributed by atoms with Crippen LogP contribution in [-0.2, 0) is 9.59 Å². The molecular formula is C11H12N2O3. The number of carbonyl (C=O) groups is 3. The Balaban J connectivity index is 3.14. The van der Waals surface area contributed by atoms with Crippen molar-refractivity contribution < 1.29 is 14.4 Å². The standard InChI is InChI=1S/C11H12N2O3/c1-7(15)12-10-4-3-5-11(9(10)6-14)13-8(2)16/h3-6H,1-2H3,(H,12,15)(H,13,16). The van der Waals surface area contributed by atoms with Gasteiger partial charge in [0, 0.05) is 13.8 Å². The van der Waals surface area contributed by atoms with Crippen LogP contribution in [0.4, 0.5) is 11.4 Å². The van der Waals surface area contributed by atoms with Gasteiger partial charge in [-0.05, 0) is 12.1 Å². The molecule has 0 aliphatic rings. The Bertz CT molecular complexity index is 407. The zero-order valence-electron chi connectivity index (χ0n) is 9.03. The smallest absolute Gasteiger partial charge is 0.221 e. The highest BCUT2D eigenvalue weighted by atomic mass is 16.2. The SMILES string of the molecule is CC(=O)Nc1cccc(NC(C)=O)c1C=O. The summed E-state index contributed by atoms with van der Waals surface area (Å²) in [6, 6.07) is 4.83. The van der Waals surface area contributed by atoms with E-state index in [0.717, 1.165) is 0 Å². The number of aldehydes is 1. The number of hydrogen-bond acceptors (Lipinski definition) is 3. The molecule has 0 spiro atoms. The molecule has 1 aromatic rings. The molecule has 0 saturated heterocycles. The van der Waals surface area contributed by atoms with Crippen LogP contribution in [0.3, 0.4) is 0 Å². The summed E-state index contributed by atoms with van der Waals surface area (Å²) in [5.41, 5.74) is 1.02. The lowest BCUT2D eigenvalue weighted by Crippen LogP contribution is -2.12. The van der Waals surface area contributed by atoms with E-state index in [1.54, 1.807) is 18.2 Å². The predicted octanol–water partition coefficient (Wildman–Crippen LogP) is 1.42. The maximum atomic E-state index is 10.9. The number of anilines is 2. The number of benzene rings is 1. The number of rotatable bonds is 3. The molecule has 2 amide bonds. The van der Waals surface area contributed by atoms with Crippen molar-refractivity contribution in [2.75, 3.05) is 10.6 Å². The van der Waals surface area contributed by atoms with E-state index < -0.39 is 0 Å². The molecule has 5 heteroatoms. The van der Waals surface area contributed by atoms with Gasteiger partial charge in [-0.1, -0.05) is 6.07 Å². The van der Waals surface area contributed by atoms with Crippen molar-refractivity contribution in [2.45, 2.75) is 13.8 Å². The molecule has 5 nitrogen and oxygen atoms in total. The molecule has 16 heavy (non-hydrogen) atoms. The summed E-state index contributed by atoms with van der Waals surface area (Å²) < 4.78 is 0. The Labute approximate surface area is 92.8 Å². The summed E-state index contributed by atoms with van der Waals surface area (Å²) in [5.74, 6) is -0.550. The molecule has 0 radical (unpaired) electrons. The molecule has 0 unspecified atom stereocenters. The molecule has 0 aromatic heterocycles. The van der Waals surface area contributed by atoms with Crippen molar-refractivity contribution in [1.29, 1.82) is 0 Å². The molecule has 0 atom stereocenters. The predicted molar refractivity (Wildman–Crippen MR) is 60.4 cm³/mol. The maximum absolute atomic E-state index is 10.9. The van der Waals surface area contributed by atoms with E-state index >= 15 is 0 Å². The fourth-order valence-electron chi connectivity index (χ4n) is 1.29. The molecule has 0 saturated carbocycles. The van der Waals surface area contributed by atoms with Gasteiger partial charge in [0.25, 0.3) is 0 Å². The van der Waals surface area contributed by atoms with Crippen molar-refractivity contribution in [3.63, 3.8) is 0 Å². The van der Waals surface area contributed by atoms with Gasteiger partial charge in [0.1, 0.15) is 0 Å².